The van der Waals surface area contributed by atoms with Gasteiger partial charge in [0, 0.05) is 0 Å². The first kappa shape index (κ1) is 15.0. The van der Waals surface area contributed by atoms with Crippen molar-refractivity contribution >= 4 is 0 Å². The molecule has 0 amide bonds. The van der Waals surface area contributed by atoms with Crippen LogP contribution in [0.2, 0.25) is 0 Å². The molecule has 0 spiro atoms. The number of rotatable bonds is 4. The highest BCUT2D eigenvalue weighted by Gasteiger charge is 2.01. The molecule has 92 valence electrons. The van der Waals surface area contributed by atoms with Crippen LogP contribution in [0.25, 0.3) is 0 Å². The Labute approximate surface area is 101 Å². The topological polar surface area (TPSA) is 9.23 Å². The average molecular weight is 222 g/mol. The third-order valence-electron chi connectivity index (χ3n) is 2.48. The molecule has 0 unspecified atom stereocenters. The Morgan fingerprint density at radius 2 is 1.81 bits per heavy atom. The summed E-state index contributed by atoms with van der Waals surface area (Å²) in [6, 6.07) is 6.48. The summed E-state index contributed by atoms with van der Waals surface area (Å²) < 4.78 is 5.29. The maximum atomic E-state index is 5.29. The highest BCUT2D eigenvalue weighted by atomic mass is 16.5. The van der Waals surface area contributed by atoms with Gasteiger partial charge in [0.1, 0.15) is 5.75 Å². The molecule has 1 aromatic rings. The molecule has 1 nitrogen and oxygen atoms in total. The van der Waals surface area contributed by atoms with Gasteiger partial charge in [-0.2, -0.15) is 0 Å². The maximum Gasteiger partial charge on any atom is 0.122 e. The predicted octanol–water partition coefficient (Wildman–Crippen LogP) is 4.62. The molecule has 0 aliphatic carbocycles. The molecule has 0 fully saturated rings. The molecule has 0 radical (unpaired) electrons. The lowest BCUT2D eigenvalue weighted by Crippen LogP contribution is -1.94. The van der Waals surface area contributed by atoms with Gasteiger partial charge in [-0.15, -0.1) is 0 Å². The summed E-state index contributed by atoms with van der Waals surface area (Å²) in [5.74, 6) is 1.77. The molecule has 16 heavy (non-hydrogen) atoms. The SMILES string of the molecule is CC.COc1cc(CCC(C)C)ccc1C. The fourth-order valence-corrected chi connectivity index (χ4v) is 1.48. The normalized spacial score (nSPS) is 9.69. The van der Waals surface area contributed by atoms with Crippen molar-refractivity contribution in [2.45, 2.75) is 47.5 Å². The zero-order valence-electron chi connectivity index (χ0n) is 11.6. The average Bonchev–Trinajstić information content (AvgIpc) is 2.30. The molecule has 0 bridgehead atoms. The first-order chi connectivity index (χ1) is 7.63. The molecule has 0 saturated carbocycles. The van der Waals surface area contributed by atoms with Gasteiger partial charge in [-0.3, -0.25) is 0 Å². The minimum Gasteiger partial charge on any atom is -0.496 e. The number of hydrogen-bond acceptors (Lipinski definition) is 1. The summed E-state index contributed by atoms with van der Waals surface area (Å²) in [5.41, 5.74) is 2.59. The standard InChI is InChI=1S/C13H20O.C2H6/c1-10(2)5-7-12-8-6-11(3)13(9-12)14-4;1-2/h6,8-10H,5,7H2,1-4H3;1-2H3. The molecule has 0 aliphatic heterocycles. The largest absolute Gasteiger partial charge is 0.496 e. The van der Waals surface area contributed by atoms with E-state index >= 15 is 0 Å². The van der Waals surface area contributed by atoms with Crippen LogP contribution in [0.15, 0.2) is 18.2 Å². The quantitative estimate of drug-likeness (QED) is 0.722. The summed E-state index contributed by atoms with van der Waals surface area (Å²) in [4.78, 5) is 0. The van der Waals surface area contributed by atoms with E-state index < -0.39 is 0 Å². The zero-order valence-corrected chi connectivity index (χ0v) is 11.6. The Morgan fingerprint density at radius 3 is 2.31 bits per heavy atom. The van der Waals surface area contributed by atoms with Crippen LogP contribution in [-0.2, 0) is 6.42 Å². The Bertz CT molecular complexity index is 289. The number of benzene rings is 1. The van der Waals surface area contributed by atoms with Crippen molar-refractivity contribution in [2.75, 3.05) is 7.11 Å². The Hall–Kier alpha value is -0.980. The van der Waals surface area contributed by atoms with Gasteiger partial charge < -0.3 is 4.74 Å². The Balaban J connectivity index is 0.00000106. The predicted molar refractivity (Wildman–Crippen MR) is 72.2 cm³/mol. The summed E-state index contributed by atoms with van der Waals surface area (Å²) in [6.45, 7) is 10.6. The van der Waals surface area contributed by atoms with Crippen LogP contribution in [0.3, 0.4) is 0 Å². The third kappa shape index (κ3) is 5.20. The van der Waals surface area contributed by atoms with E-state index in [2.05, 4.69) is 39.0 Å². The molecule has 0 aromatic heterocycles. The van der Waals surface area contributed by atoms with Crippen molar-refractivity contribution in [3.63, 3.8) is 0 Å². The molecule has 1 heteroatoms. The number of hydrogen-bond donors (Lipinski definition) is 0. The first-order valence-corrected chi connectivity index (χ1v) is 6.27. The number of methoxy groups -OCH3 is 1. The maximum absolute atomic E-state index is 5.29. The van der Waals surface area contributed by atoms with Crippen molar-refractivity contribution in [3.05, 3.63) is 29.3 Å². The lowest BCUT2D eigenvalue weighted by Gasteiger charge is -2.08. The Morgan fingerprint density at radius 1 is 1.19 bits per heavy atom. The van der Waals surface area contributed by atoms with Gasteiger partial charge in [0.25, 0.3) is 0 Å². The lowest BCUT2D eigenvalue weighted by molar-refractivity contribution is 0.411. The second-order valence-corrected chi connectivity index (χ2v) is 4.24. The van der Waals surface area contributed by atoms with Gasteiger partial charge in [-0.25, -0.2) is 0 Å². The minimum atomic E-state index is 0.766. The second kappa shape index (κ2) is 8.20. The molecule has 1 rings (SSSR count). The van der Waals surface area contributed by atoms with Gasteiger partial charge in [0.05, 0.1) is 7.11 Å². The lowest BCUT2D eigenvalue weighted by atomic mass is 10.0. The van der Waals surface area contributed by atoms with Crippen LogP contribution in [0.4, 0.5) is 0 Å². The van der Waals surface area contributed by atoms with E-state index in [1.54, 1.807) is 7.11 Å². The molecule has 0 aliphatic rings. The summed E-state index contributed by atoms with van der Waals surface area (Å²) in [7, 11) is 1.73. The highest BCUT2D eigenvalue weighted by Crippen LogP contribution is 2.20. The van der Waals surface area contributed by atoms with Gasteiger partial charge in [-0.1, -0.05) is 39.8 Å². The molecular weight excluding hydrogens is 196 g/mol. The molecule has 0 N–H and O–H groups in total. The van der Waals surface area contributed by atoms with E-state index in [0.717, 1.165) is 18.1 Å². The van der Waals surface area contributed by atoms with Gasteiger partial charge in [-0.05, 0) is 42.9 Å². The van der Waals surface area contributed by atoms with Gasteiger partial charge >= 0.3 is 0 Å². The number of aryl methyl sites for hydroxylation is 2. The fourth-order valence-electron chi connectivity index (χ4n) is 1.48. The number of ether oxygens (including phenoxy) is 1. The van der Waals surface area contributed by atoms with Crippen molar-refractivity contribution in [1.29, 1.82) is 0 Å². The van der Waals surface area contributed by atoms with Crippen LogP contribution in [0.1, 0.15) is 45.2 Å². The van der Waals surface area contributed by atoms with E-state index in [1.807, 2.05) is 13.8 Å². The van der Waals surface area contributed by atoms with E-state index in [4.69, 9.17) is 4.74 Å². The summed E-state index contributed by atoms with van der Waals surface area (Å²) in [5, 5.41) is 0. The smallest absolute Gasteiger partial charge is 0.122 e. The fraction of sp³-hybridized carbons (Fsp3) is 0.600. The minimum absolute atomic E-state index is 0.766. The summed E-state index contributed by atoms with van der Waals surface area (Å²) >= 11 is 0. The van der Waals surface area contributed by atoms with Crippen LogP contribution in [0, 0.1) is 12.8 Å². The molecule has 0 saturated heterocycles. The van der Waals surface area contributed by atoms with Crippen molar-refractivity contribution in [3.8, 4) is 5.75 Å². The third-order valence-corrected chi connectivity index (χ3v) is 2.48. The van der Waals surface area contributed by atoms with Gasteiger partial charge in [0.2, 0.25) is 0 Å². The van der Waals surface area contributed by atoms with Crippen molar-refractivity contribution in [1.82, 2.24) is 0 Å². The van der Waals surface area contributed by atoms with Gasteiger partial charge in [0.15, 0.2) is 0 Å². The monoisotopic (exact) mass is 222 g/mol. The van der Waals surface area contributed by atoms with Crippen LogP contribution < -0.4 is 4.74 Å². The molecule has 0 heterocycles. The Kier molecular flexibility index (Phi) is 7.70. The van der Waals surface area contributed by atoms with E-state index in [9.17, 15) is 0 Å². The van der Waals surface area contributed by atoms with Crippen LogP contribution in [-0.4, -0.2) is 7.11 Å². The van der Waals surface area contributed by atoms with Crippen molar-refractivity contribution in [2.24, 2.45) is 5.92 Å². The second-order valence-electron chi connectivity index (χ2n) is 4.24. The molecular formula is C15H26O. The zero-order chi connectivity index (χ0) is 12.6. The van der Waals surface area contributed by atoms with Crippen molar-refractivity contribution < 1.29 is 4.74 Å². The van der Waals surface area contributed by atoms with Crippen LogP contribution in [0.5, 0.6) is 5.75 Å². The van der Waals surface area contributed by atoms with E-state index in [1.165, 1.54) is 17.5 Å². The molecule has 1 aromatic carbocycles. The molecule has 0 atom stereocenters. The highest BCUT2D eigenvalue weighted by molar-refractivity contribution is 5.36. The first-order valence-electron chi connectivity index (χ1n) is 6.27. The van der Waals surface area contributed by atoms with E-state index in [0.29, 0.717) is 0 Å². The van der Waals surface area contributed by atoms with Crippen LogP contribution >= 0.6 is 0 Å². The summed E-state index contributed by atoms with van der Waals surface area (Å²) in [6.07, 6.45) is 2.39. The van der Waals surface area contributed by atoms with E-state index in [-0.39, 0.29) is 0 Å².